The summed E-state index contributed by atoms with van der Waals surface area (Å²) in [6.07, 6.45) is 1.58. The molecule has 1 aromatic heterocycles. The number of nitrogens with one attached hydrogen (secondary N) is 2. The van der Waals surface area contributed by atoms with Crippen molar-refractivity contribution in [1.82, 2.24) is 4.98 Å². The van der Waals surface area contributed by atoms with E-state index < -0.39 is 0 Å². The number of amidine groups is 1. The normalized spacial score (nSPS) is 9.42. The van der Waals surface area contributed by atoms with Crippen LogP contribution in [0.4, 0.5) is 5.82 Å². The topological polar surface area (TPSA) is 74.8 Å². The molecule has 4 heteroatoms. The van der Waals surface area contributed by atoms with Gasteiger partial charge in [-0.15, -0.1) is 0 Å². The number of nitrogens with two attached hydrogens (primary N) is 1. The van der Waals surface area contributed by atoms with Crippen LogP contribution in [-0.2, 0) is 0 Å². The number of rotatable bonds is 3. The van der Waals surface area contributed by atoms with Gasteiger partial charge >= 0.3 is 0 Å². The average Bonchev–Trinajstić information content (AvgIpc) is 2.06. The summed E-state index contributed by atoms with van der Waals surface area (Å²) < 4.78 is 0. The molecule has 64 valence electrons. The Labute approximate surface area is 71.3 Å². The Morgan fingerprint density at radius 2 is 2.42 bits per heavy atom. The molecule has 12 heavy (non-hydrogen) atoms. The van der Waals surface area contributed by atoms with Gasteiger partial charge in [-0.1, -0.05) is 0 Å². The first-order chi connectivity index (χ1) is 5.74. The molecule has 4 N–H and O–H groups in total. The second-order valence-electron chi connectivity index (χ2n) is 2.38. The van der Waals surface area contributed by atoms with Crippen molar-refractivity contribution in [3.8, 4) is 0 Å². The van der Waals surface area contributed by atoms with Crippen molar-refractivity contribution in [3.63, 3.8) is 0 Å². The van der Waals surface area contributed by atoms with E-state index in [4.69, 9.17) is 11.1 Å². The predicted molar refractivity (Wildman–Crippen MR) is 49.4 cm³/mol. The van der Waals surface area contributed by atoms with E-state index >= 15 is 0 Å². The zero-order chi connectivity index (χ0) is 8.97. The molecule has 0 aliphatic carbocycles. The summed E-state index contributed by atoms with van der Waals surface area (Å²) in [5.41, 5.74) is 5.91. The van der Waals surface area contributed by atoms with E-state index in [0.717, 1.165) is 12.4 Å². The van der Waals surface area contributed by atoms with E-state index in [9.17, 15) is 0 Å². The smallest absolute Gasteiger partial charge is 0.125 e. The third-order valence-electron chi connectivity index (χ3n) is 1.43. The van der Waals surface area contributed by atoms with Gasteiger partial charge in [0.2, 0.25) is 0 Å². The number of hydrogen-bond donors (Lipinski definition) is 3. The molecule has 1 aromatic rings. The highest BCUT2D eigenvalue weighted by Gasteiger charge is 1.95. The Balaban J connectivity index is 2.78. The van der Waals surface area contributed by atoms with Crippen LogP contribution in [0.2, 0.25) is 0 Å². The first-order valence-electron chi connectivity index (χ1n) is 3.78. The lowest BCUT2D eigenvalue weighted by atomic mass is 10.2. The SMILES string of the molecule is CCNc1ccc(C(=N)N)cn1. The highest BCUT2D eigenvalue weighted by atomic mass is 15.0. The zero-order valence-electron chi connectivity index (χ0n) is 6.96. The lowest BCUT2D eigenvalue weighted by Gasteiger charge is -2.02. The highest BCUT2D eigenvalue weighted by molar-refractivity contribution is 5.94. The quantitative estimate of drug-likeness (QED) is 0.457. The summed E-state index contributed by atoms with van der Waals surface area (Å²) in [4.78, 5) is 4.06. The molecule has 0 amide bonds. The summed E-state index contributed by atoms with van der Waals surface area (Å²) in [5, 5.41) is 10.2. The van der Waals surface area contributed by atoms with Crippen LogP contribution >= 0.6 is 0 Å². The summed E-state index contributed by atoms with van der Waals surface area (Å²) in [5.74, 6) is 0.855. The standard InChI is InChI=1S/C8H12N4/c1-2-11-7-4-3-6(5-12-7)8(9)10/h3-5H,2H2,1H3,(H3,9,10)(H,11,12). The van der Waals surface area contributed by atoms with Crippen molar-refractivity contribution in [3.05, 3.63) is 23.9 Å². The Morgan fingerprint density at radius 1 is 1.67 bits per heavy atom. The molecule has 0 saturated carbocycles. The van der Waals surface area contributed by atoms with Crippen LogP contribution in [0, 0.1) is 5.41 Å². The Morgan fingerprint density at radius 3 is 2.83 bits per heavy atom. The van der Waals surface area contributed by atoms with Gasteiger partial charge in [-0.2, -0.15) is 0 Å². The van der Waals surface area contributed by atoms with Crippen LogP contribution in [0.1, 0.15) is 12.5 Å². The van der Waals surface area contributed by atoms with E-state index in [1.807, 2.05) is 6.92 Å². The van der Waals surface area contributed by atoms with Crippen molar-refractivity contribution in [2.45, 2.75) is 6.92 Å². The lowest BCUT2D eigenvalue weighted by molar-refractivity contribution is 1.16. The third kappa shape index (κ3) is 1.95. The summed E-state index contributed by atoms with van der Waals surface area (Å²) in [6.45, 7) is 2.84. The fourth-order valence-electron chi connectivity index (χ4n) is 0.839. The molecule has 0 spiro atoms. The molecule has 4 nitrogen and oxygen atoms in total. The Hall–Kier alpha value is -1.58. The molecule has 0 aliphatic rings. The molecule has 1 heterocycles. The van der Waals surface area contributed by atoms with Crippen LogP contribution in [0.3, 0.4) is 0 Å². The summed E-state index contributed by atoms with van der Waals surface area (Å²) in [6, 6.07) is 3.58. The Kier molecular flexibility index (Phi) is 2.63. The minimum Gasteiger partial charge on any atom is -0.384 e. The maximum Gasteiger partial charge on any atom is 0.125 e. The maximum absolute atomic E-state index is 7.13. The second-order valence-corrected chi connectivity index (χ2v) is 2.38. The highest BCUT2D eigenvalue weighted by Crippen LogP contribution is 2.03. The number of nitrogens with zero attached hydrogens (tertiary/aromatic N) is 1. The average molecular weight is 164 g/mol. The molecule has 0 radical (unpaired) electrons. The van der Waals surface area contributed by atoms with Gasteiger partial charge < -0.3 is 11.1 Å². The van der Waals surface area contributed by atoms with Gasteiger partial charge in [0, 0.05) is 18.3 Å². The van der Waals surface area contributed by atoms with Gasteiger partial charge in [0.15, 0.2) is 0 Å². The maximum atomic E-state index is 7.13. The monoisotopic (exact) mass is 164 g/mol. The van der Waals surface area contributed by atoms with Gasteiger partial charge in [0.25, 0.3) is 0 Å². The second kappa shape index (κ2) is 3.71. The summed E-state index contributed by atoms with van der Waals surface area (Å²) >= 11 is 0. The number of aromatic nitrogens is 1. The van der Waals surface area contributed by atoms with E-state index in [1.54, 1.807) is 18.3 Å². The van der Waals surface area contributed by atoms with Crippen molar-refractivity contribution in [2.75, 3.05) is 11.9 Å². The van der Waals surface area contributed by atoms with Crippen LogP contribution in [0.25, 0.3) is 0 Å². The molecular formula is C8H12N4. The number of anilines is 1. The van der Waals surface area contributed by atoms with Crippen LogP contribution < -0.4 is 11.1 Å². The minimum atomic E-state index is 0.0468. The lowest BCUT2D eigenvalue weighted by Crippen LogP contribution is -2.11. The Bertz CT molecular complexity index is 265. The molecule has 0 saturated heterocycles. The van der Waals surface area contributed by atoms with E-state index in [1.165, 1.54) is 0 Å². The first-order valence-corrected chi connectivity index (χ1v) is 3.78. The van der Waals surface area contributed by atoms with Crippen LogP contribution in [0.15, 0.2) is 18.3 Å². The van der Waals surface area contributed by atoms with E-state index in [-0.39, 0.29) is 5.84 Å². The molecule has 0 bridgehead atoms. The van der Waals surface area contributed by atoms with Gasteiger partial charge in [0.05, 0.1) is 0 Å². The number of nitrogen functional groups attached to an aromatic ring is 1. The van der Waals surface area contributed by atoms with E-state index in [2.05, 4.69) is 10.3 Å². The largest absolute Gasteiger partial charge is 0.384 e. The van der Waals surface area contributed by atoms with Crippen molar-refractivity contribution >= 4 is 11.7 Å². The zero-order valence-corrected chi connectivity index (χ0v) is 6.96. The fraction of sp³-hybridized carbons (Fsp3) is 0.250. The number of hydrogen-bond acceptors (Lipinski definition) is 3. The van der Waals surface area contributed by atoms with Crippen molar-refractivity contribution in [2.24, 2.45) is 5.73 Å². The van der Waals surface area contributed by atoms with Crippen LogP contribution in [0.5, 0.6) is 0 Å². The predicted octanol–water partition coefficient (Wildman–Crippen LogP) is 0.797. The van der Waals surface area contributed by atoms with Gasteiger partial charge in [-0.05, 0) is 19.1 Å². The van der Waals surface area contributed by atoms with Gasteiger partial charge in [-0.3, -0.25) is 5.41 Å². The molecule has 1 rings (SSSR count). The van der Waals surface area contributed by atoms with Crippen molar-refractivity contribution < 1.29 is 0 Å². The molecule has 0 aliphatic heterocycles. The van der Waals surface area contributed by atoms with Gasteiger partial charge in [0.1, 0.15) is 11.7 Å². The first kappa shape index (κ1) is 8.52. The molecule has 0 aromatic carbocycles. The molecule has 0 fully saturated rings. The minimum absolute atomic E-state index is 0.0468. The van der Waals surface area contributed by atoms with E-state index in [0.29, 0.717) is 5.56 Å². The third-order valence-corrected chi connectivity index (χ3v) is 1.43. The number of pyridine rings is 1. The molecular weight excluding hydrogens is 152 g/mol. The van der Waals surface area contributed by atoms with Crippen LogP contribution in [-0.4, -0.2) is 17.4 Å². The fourth-order valence-corrected chi connectivity index (χ4v) is 0.839. The molecule has 0 unspecified atom stereocenters. The van der Waals surface area contributed by atoms with Gasteiger partial charge in [-0.25, -0.2) is 4.98 Å². The molecule has 0 atom stereocenters. The summed E-state index contributed by atoms with van der Waals surface area (Å²) in [7, 11) is 0. The van der Waals surface area contributed by atoms with Crippen molar-refractivity contribution in [1.29, 1.82) is 5.41 Å².